The molecule has 0 saturated carbocycles. The molecule has 6 heteroatoms. The van der Waals surface area contributed by atoms with E-state index in [2.05, 4.69) is 4.72 Å². The van der Waals surface area contributed by atoms with Crippen LogP contribution >= 0.6 is 0 Å². The van der Waals surface area contributed by atoms with Gasteiger partial charge in [0.05, 0.1) is 25.3 Å². The van der Waals surface area contributed by atoms with Gasteiger partial charge in [-0.05, 0) is 11.6 Å². The molecule has 0 heterocycles. The zero-order valence-corrected chi connectivity index (χ0v) is 13.1. The van der Waals surface area contributed by atoms with Crippen LogP contribution in [-0.4, -0.2) is 22.6 Å². The van der Waals surface area contributed by atoms with Crippen molar-refractivity contribution in [2.24, 2.45) is 0 Å². The number of sulfonamides is 1. The summed E-state index contributed by atoms with van der Waals surface area (Å²) < 4.78 is 36.9. The molecule has 2 rings (SSSR count). The zero-order chi connectivity index (χ0) is 16.0. The molecule has 0 aliphatic heterocycles. The minimum absolute atomic E-state index is 0.369. The number of anilines is 1. The molecule has 2 aromatic carbocycles. The SMILES string of the molecule is COc1cc(NS(=O)(=O)/C=C/c2ccccc2)cc(OC)c1. The predicted molar refractivity (Wildman–Crippen MR) is 87.6 cm³/mol. The molecular formula is C16H17NO4S. The van der Waals surface area contributed by atoms with Crippen molar-refractivity contribution in [3.63, 3.8) is 0 Å². The van der Waals surface area contributed by atoms with Crippen molar-refractivity contribution in [2.75, 3.05) is 18.9 Å². The van der Waals surface area contributed by atoms with Crippen LogP contribution in [0.3, 0.4) is 0 Å². The Hall–Kier alpha value is -2.47. The van der Waals surface area contributed by atoms with E-state index in [0.717, 1.165) is 11.0 Å². The van der Waals surface area contributed by atoms with E-state index in [-0.39, 0.29) is 0 Å². The van der Waals surface area contributed by atoms with Crippen LogP contribution < -0.4 is 14.2 Å². The number of hydrogen-bond acceptors (Lipinski definition) is 4. The van der Waals surface area contributed by atoms with Crippen molar-refractivity contribution < 1.29 is 17.9 Å². The Morgan fingerprint density at radius 2 is 1.55 bits per heavy atom. The monoisotopic (exact) mass is 319 g/mol. The summed E-state index contributed by atoms with van der Waals surface area (Å²) in [6.07, 6.45) is 1.53. The maximum Gasteiger partial charge on any atom is 0.255 e. The van der Waals surface area contributed by atoms with Crippen molar-refractivity contribution in [3.05, 3.63) is 59.5 Å². The van der Waals surface area contributed by atoms with E-state index < -0.39 is 10.0 Å². The quantitative estimate of drug-likeness (QED) is 0.888. The highest BCUT2D eigenvalue weighted by Crippen LogP contribution is 2.26. The third kappa shape index (κ3) is 4.53. The molecule has 0 amide bonds. The van der Waals surface area contributed by atoms with Crippen molar-refractivity contribution in [1.82, 2.24) is 0 Å². The highest BCUT2D eigenvalue weighted by Gasteiger charge is 2.08. The van der Waals surface area contributed by atoms with Crippen LogP contribution in [0.2, 0.25) is 0 Å². The second-order valence-electron chi connectivity index (χ2n) is 4.46. The van der Waals surface area contributed by atoms with Crippen LogP contribution in [0.5, 0.6) is 11.5 Å². The van der Waals surface area contributed by atoms with E-state index in [4.69, 9.17) is 9.47 Å². The van der Waals surface area contributed by atoms with Crippen molar-refractivity contribution in [2.45, 2.75) is 0 Å². The predicted octanol–water partition coefficient (Wildman–Crippen LogP) is 3.12. The first kappa shape index (κ1) is 15.9. The molecule has 0 radical (unpaired) electrons. The first-order chi connectivity index (χ1) is 10.5. The van der Waals surface area contributed by atoms with Gasteiger partial charge in [0.1, 0.15) is 11.5 Å². The van der Waals surface area contributed by atoms with Gasteiger partial charge in [-0.2, -0.15) is 0 Å². The summed E-state index contributed by atoms with van der Waals surface area (Å²) in [5.41, 5.74) is 1.17. The Bertz CT molecular complexity index is 733. The van der Waals surface area contributed by atoms with E-state index in [1.54, 1.807) is 18.2 Å². The van der Waals surface area contributed by atoms with Gasteiger partial charge in [-0.15, -0.1) is 0 Å². The molecule has 0 spiro atoms. The van der Waals surface area contributed by atoms with E-state index >= 15 is 0 Å². The fourth-order valence-electron chi connectivity index (χ4n) is 1.80. The average Bonchev–Trinajstić information content (AvgIpc) is 2.53. The van der Waals surface area contributed by atoms with Crippen molar-refractivity contribution >= 4 is 21.8 Å². The molecule has 0 atom stereocenters. The summed E-state index contributed by atoms with van der Waals surface area (Å²) >= 11 is 0. The minimum atomic E-state index is -3.62. The normalized spacial score (nSPS) is 11.4. The van der Waals surface area contributed by atoms with E-state index in [0.29, 0.717) is 17.2 Å². The smallest absolute Gasteiger partial charge is 0.255 e. The molecule has 0 aliphatic carbocycles. The summed E-state index contributed by atoms with van der Waals surface area (Å²) in [5, 5.41) is 1.12. The molecule has 2 aromatic rings. The summed E-state index contributed by atoms with van der Waals surface area (Å²) in [6, 6.07) is 14.0. The lowest BCUT2D eigenvalue weighted by molar-refractivity contribution is 0.395. The fraction of sp³-hybridized carbons (Fsp3) is 0.125. The Balaban J connectivity index is 2.20. The van der Waals surface area contributed by atoms with Crippen molar-refractivity contribution in [1.29, 1.82) is 0 Å². The fourth-order valence-corrected chi connectivity index (χ4v) is 2.65. The first-order valence-electron chi connectivity index (χ1n) is 6.51. The van der Waals surface area contributed by atoms with Crippen LogP contribution in [0.1, 0.15) is 5.56 Å². The number of benzene rings is 2. The van der Waals surface area contributed by atoms with Crippen molar-refractivity contribution in [3.8, 4) is 11.5 Å². The summed E-state index contributed by atoms with van der Waals surface area (Å²) in [5.74, 6) is 1.01. The van der Waals surface area contributed by atoms with Gasteiger partial charge in [0.25, 0.3) is 10.0 Å². The molecule has 5 nitrogen and oxygen atoms in total. The van der Waals surface area contributed by atoms with Gasteiger partial charge in [-0.1, -0.05) is 30.3 Å². The Kier molecular flexibility index (Phi) is 5.06. The first-order valence-corrected chi connectivity index (χ1v) is 8.06. The molecule has 0 aliphatic rings. The molecule has 0 unspecified atom stereocenters. The van der Waals surface area contributed by atoms with Gasteiger partial charge in [0.15, 0.2) is 0 Å². The van der Waals surface area contributed by atoms with E-state index in [1.165, 1.54) is 20.3 Å². The lowest BCUT2D eigenvalue weighted by atomic mass is 10.2. The molecule has 116 valence electrons. The molecule has 1 N–H and O–H groups in total. The summed E-state index contributed by atoms with van der Waals surface area (Å²) in [6.45, 7) is 0. The molecule has 0 bridgehead atoms. The van der Waals surface area contributed by atoms with Crippen LogP contribution in [0.25, 0.3) is 6.08 Å². The third-order valence-electron chi connectivity index (χ3n) is 2.85. The molecule has 0 fully saturated rings. The minimum Gasteiger partial charge on any atom is -0.497 e. The second-order valence-corrected chi connectivity index (χ2v) is 6.03. The van der Waals surface area contributed by atoms with Gasteiger partial charge in [0.2, 0.25) is 0 Å². The summed E-state index contributed by atoms with van der Waals surface area (Å²) in [4.78, 5) is 0. The zero-order valence-electron chi connectivity index (χ0n) is 12.3. The maximum atomic E-state index is 12.1. The lowest BCUT2D eigenvalue weighted by Crippen LogP contribution is -2.09. The van der Waals surface area contributed by atoms with Gasteiger partial charge >= 0.3 is 0 Å². The van der Waals surface area contributed by atoms with Gasteiger partial charge in [-0.3, -0.25) is 4.72 Å². The molecular weight excluding hydrogens is 302 g/mol. The highest BCUT2D eigenvalue weighted by molar-refractivity contribution is 7.95. The third-order valence-corrected chi connectivity index (χ3v) is 3.87. The highest BCUT2D eigenvalue weighted by atomic mass is 32.2. The number of ether oxygens (including phenoxy) is 2. The standard InChI is InChI=1S/C16H17NO4S/c1-20-15-10-14(11-16(12-15)21-2)17-22(18,19)9-8-13-6-4-3-5-7-13/h3-12,17H,1-2H3/b9-8+. The number of rotatable bonds is 6. The van der Waals surface area contributed by atoms with E-state index in [1.807, 2.05) is 30.3 Å². The number of nitrogens with one attached hydrogen (secondary N) is 1. The molecule has 0 saturated heterocycles. The Morgan fingerprint density at radius 1 is 0.955 bits per heavy atom. The maximum absolute atomic E-state index is 12.1. The van der Waals surface area contributed by atoms with Crippen LogP contribution in [-0.2, 0) is 10.0 Å². The number of hydrogen-bond donors (Lipinski definition) is 1. The number of methoxy groups -OCH3 is 2. The summed E-state index contributed by atoms with van der Waals surface area (Å²) in [7, 11) is -0.620. The van der Waals surface area contributed by atoms with Crippen LogP contribution in [0.15, 0.2) is 53.9 Å². The lowest BCUT2D eigenvalue weighted by Gasteiger charge is -2.09. The molecule has 0 aromatic heterocycles. The molecule has 22 heavy (non-hydrogen) atoms. The van der Waals surface area contributed by atoms with Gasteiger partial charge in [0, 0.05) is 18.2 Å². The van der Waals surface area contributed by atoms with Gasteiger partial charge < -0.3 is 9.47 Å². The Morgan fingerprint density at radius 3 is 2.09 bits per heavy atom. The van der Waals surface area contributed by atoms with Crippen LogP contribution in [0.4, 0.5) is 5.69 Å². The van der Waals surface area contributed by atoms with Gasteiger partial charge in [-0.25, -0.2) is 8.42 Å². The Labute approximate surface area is 130 Å². The topological polar surface area (TPSA) is 64.6 Å². The van der Waals surface area contributed by atoms with E-state index in [9.17, 15) is 8.42 Å². The second kappa shape index (κ2) is 7.00. The van der Waals surface area contributed by atoms with Crippen LogP contribution in [0, 0.1) is 0 Å². The largest absolute Gasteiger partial charge is 0.497 e. The average molecular weight is 319 g/mol.